The highest BCUT2D eigenvalue weighted by Crippen LogP contribution is 2.38. The molecular formula is C29H28F6O4S. The molecule has 3 rings (SSSR count). The first kappa shape index (κ1) is 31.3. The van der Waals surface area contributed by atoms with Crippen LogP contribution < -0.4 is 5.63 Å². The zero-order valence-electron chi connectivity index (χ0n) is 21.9. The number of benzene rings is 2. The van der Waals surface area contributed by atoms with Gasteiger partial charge in [0.1, 0.15) is 12.2 Å². The van der Waals surface area contributed by atoms with Crippen molar-refractivity contribution in [2.24, 2.45) is 5.92 Å². The van der Waals surface area contributed by atoms with Crippen LogP contribution in [-0.2, 0) is 22.1 Å². The maximum atomic E-state index is 13.9. The molecule has 1 aromatic heterocycles. The summed E-state index contributed by atoms with van der Waals surface area (Å²) in [6, 6.07) is 9.45. The molecule has 2 aromatic carbocycles. The van der Waals surface area contributed by atoms with Gasteiger partial charge < -0.3 is 9.15 Å². The second-order valence-electron chi connectivity index (χ2n) is 9.41. The van der Waals surface area contributed by atoms with Crippen LogP contribution in [0.2, 0.25) is 0 Å². The molecule has 1 heterocycles. The van der Waals surface area contributed by atoms with E-state index in [0.717, 1.165) is 37.1 Å². The molecule has 0 aliphatic carbocycles. The first-order valence-electron chi connectivity index (χ1n) is 12.5. The minimum Gasteiger partial charge on any atom is -0.462 e. The number of alkyl halides is 6. The van der Waals surface area contributed by atoms with E-state index < -0.39 is 47.8 Å². The fourth-order valence-electron chi connectivity index (χ4n) is 3.90. The second kappa shape index (κ2) is 13.0. The minimum absolute atomic E-state index is 0.0146. The van der Waals surface area contributed by atoms with E-state index in [2.05, 4.69) is 11.3 Å². The molecule has 3 aromatic rings. The first-order valence-corrected chi connectivity index (χ1v) is 13.5. The van der Waals surface area contributed by atoms with E-state index in [0.29, 0.717) is 22.3 Å². The highest BCUT2D eigenvalue weighted by molar-refractivity contribution is 7.99. The van der Waals surface area contributed by atoms with Crippen molar-refractivity contribution in [1.29, 1.82) is 0 Å². The van der Waals surface area contributed by atoms with Crippen molar-refractivity contribution in [3.63, 3.8) is 0 Å². The van der Waals surface area contributed by atoms with Crippen LogP contribution in [0.1, 0.15) is 44.2 Å². The van der Waals surface area contributed by atoms with Gasteiger partial charge in [0.25, 0.3) is 0 Å². The molecule has 0 saturated heterocycles. The number of esters is 1. The van der Waals surface area contributed by atoms with Gasteiger partial charge in [-0.25, -0.2) is 9.59 Å². The van der Waals surface area contributed by atoms with Gasteiger partial charge in [0.05, 0.1) is 17.0 Å². The van der Waals surface area contributed by atoms with Crippen LogP contribution in [0.4, 0.5) is 26.3 Å². The third kappa shape index (κ3) is 8.16. The Morgan fingerprint density at radius 1 is 1.02 bits per heavy atom. The molecule has 0 saturated carbocycles. The second-order valence-corrected chi connectivity index (χ2v) is 10.5. The Kier molecular flexibility index (Phi) is 10.2. The van der Waals surface area contributed by atoms with E-state index in [1.165, 1.54) is 37.3 Å². The molecule has 4 nitrogen and oxygen atoms in total. The molecule has 40 heavy (non-hydrogen) atoms. The molecule has 1 atom stereocenters. The Bertz CT molecular complexity index is 1420. The van der Waals surface area contributed by atoms with E-state index in [1.54, 1.807) is 6.07 Å². The predicted octanol–water partition coefficient (Wildman–Crippen LogP) is 8.60. The summed E-state index contributed by atoms with van der Waals surface area (Å²) in [4.78, 5) is 24.6. The molecule has 0 N–H and O–H groups in total. The molecule has 0 amide bonds. The fourth-order valence-corrected chi connectivity index (χ4v) is 4.93. The molecule has 0 aliphatic rings. The van der Waals surface area contributed by atoms with Crippen molar-refractivity contribution in [3.8, 4) is 11.1 Å². The van der Waals surface area contributed by atoms with Crippen molar-refractivity contribution in [1.82, 2.24) is 0 Å². The Morgan fingerprint density at radius 2 is 1.75 bits per heavy atom. The van der Waals surface area contributed by atoms with Gasteiger partial charge in [-0.2, -0.15) is 26.3 Å². The molecule has 1 unspecified atom stereocenters. The predicted molar refractivity (Wildman–Crippen MR) is 142 cm³/mol. The van der Waals surface area contributed by atoms with Gasteiger partial charge >= 0.3 is 23.9 Å². The molecule has 11 heteroatoms. The Labute approximate surface area is 231 Å². The van der Waals surface area contributed by atoms with Crippen LogP contribution in [0.5, 0.6) is 0 Å². The van der Waals surface area contributed by atoms with E-state index in [-0.39, 0.29) is 22.3 Å². The number of thioether (sulfide) groups is 1. The zero-order valence-corrected chi connectivity index (χ0v) is 22.7. The normalized spacial score (nSPS) is 12.9. The first-order chi connectivity index (χ1) is 18.7. The van der Waals surface area contributed by atoms with Crippen molar-refractivity contribution in [2.45, 2.75) is 56.8 Å². The number of carbonyl (C=O) groups is 1. The lowest BCUT2D eigenvalue weighted by molar-refractivity contribution is -0.183. The SMILES string of the molecule is C=C(C)C(=O)OCC(CSc1ccc2cc(-c3ccc(CCCCC)cc3C(F)(F)F)c(=O)oc2c1)C(F)(F)F. The highest BCUT2D eigenvalue weighted by Gasteiger charge is 2.40. The minimum atomic E-state index is -4.70. The molecule has 216 valence electrons. The lowest BCUT2D eigenvalue weighted by Crippen LogP contribution is -2.30. The lowest BCUT2D eigenvalue weighted by atomic mass is 9.95. The number of carbonyl (C=O) groups excluding carboxylic acids is 1. The van der Waals surface area contributed by atoms with Crippen LogP contribution in [0, 0.1) is 5.92 Å². The zero-order chi connectivity index (χ0) is 29.7. The number of rotatable bonds is 11. The summed E-state index contributed by atoms with van der Waals surface area (Å²) >= 11 is 0.808. The summed E-state index contributed by atoms with van der Waals surface area (Å²) in [7, 11) is 0. The molecule has 0 radical (unpaired) electrons. The summed E-state index contributed by atoms with van der Waals surface area (Å²) in [5.41, 5.74) is -2.01. The van der Waals surface area contributed by atoms with Crippen molar-refractivity contribution >= 4 is 28.7 Å². The average Bonchev–Trinajstić information content (AvgIpc) is 2.86. The summed E-state index contributed by atoms with van der Waals surface area (Å²) in [6.45, 7) is 5.77. The molecule has 0 spiro atoms. The molecule has 0 aliphatic heterocycles. The van der Waals surface area contributed by atoms with E-state index in [1.807, 2.05) is 6.92 Å². The fraction of sp³-hybridized carbons (Fsp3) is 0.379. The standard InChI is InChI=1S/C29H28F6O4S/c1-4-5-6-7-18-8-11-22(24(12-18)29(33,34)35)23-13-19-9-10-21(14-25(19)39-27(23)37)40-16-20(28(30,31)32)15-38-26(36)17(2)3/h8-14,20H,2,4-7,15-16H2,1,3H3. The van der Waals surface area contributed by atoms with Crippen LogP contribution in [0.15, 0.2) is 68.7 Å². The summed E-state index contributed by atoms with van der Waals surface area (Å²) in [6.07, 6.45) is -6.30. The van der Waals surface area contributed by atoms with Crippen molar-refractivity contribution in [2.75, 3.05) is 12.4 Å². The number of hydrogen-bond donors (Lipinski definition) is 0. The van der Waals surface area contributed by atoms with Gasteiger partial charge in [-0.3, -0.25) is 0 Å². The summed E-state index contributed by atoms with van der Waals surface area (Å²) in [5, 5.41) is 0.307. The van der Waals surface area contributed by atoms with Gasteiger partial charge in [-0.15, -0.1) is 11.8 Å². The van der Waals surface area contributed by atoms with E-state index >= 15 is 0 Å². The van der Waals surface area contributed by atoms with E-state index in [4.69, 9.17) is 4.42 Å². The maximum absolute atomic E-state index is 13.9. The van der Waals surface area contributed by atoms with Crippen LogP contribution in [-0.4, -0.2) is 24.5 Å². The molecule has 0 bridgehead atoms. The number of hydrogen-bond acceptors (Lipinski definition) is 5. The van der Waals surface area contributed by atoms with Gasteiger partial charge in [0, 0.05) is 27.2 Å². The smallest absolute Gasteiger partial charge is 0.417 e. The number of ether oxygens (including phenoxy) is 1. The Morgan fingerprint density at radius 3 is 2.38 bits per heavy atom. The maximum Gasteiger partial charge on any atom is 0.417 e. The summed E-state index contributed by atoms with van der Waals surface area (Å²) in [5.74, 6) is -3.38. The topological polar surface area (TPSA) is 56.5 Å². The van der Waals surface area contributed by atoms with Gasteiger partial charge in [0.15, 0.2) is 0 Å². The highest BCUT2D eigenvalue weighted by atomic mass is 32.2. The monoisotopic (exact) mass is 586 g/mol. The van der Waals surface area contributed by atoms with Crippen LogP contribution in [0.25, 0.3) is 22.1 Å². The van der Waals surface area contributed by atoms with Crippen molar-refractivity contribution in [3.05, 3.63) is 76.2 Å². The number of halogens is 6. The Balaban J connectivity index is 1.87. The molecule has 0 fully saturated rings. The van der Waals surface area contributed by atoms with Crippen LogP contribution >= 0.6 is 11.8 Å². The van der Waals surface area contributed by atoms with Gasteiger partial charge in [-0.05, 0) is 49.6 Å². The lowest BCUT2D eigenvalue weighted by Gasteiger charge is -2.20. The van der Waals surface area contributed by atoms with Crippen LogP contribution in [0.3, 0.4) is 0 Å². The third-order valence-corrected chi connectivity index (χ3v) is 7.29. The van der Waals surface area contributed by atoms with E-state index in [9.17, 15) is 35.9 Å². The average molecular weight is 587 g/mol. The number of unbranched alkanes of at least 4 members (excludes halogenated alkanes) is 2. The van der Waals surface area contributed by atoms with Gasteiger partial charge in [-0.1, -0.05) is 44.5 Å². The molecular weight excluding hydrogens is 558 g/mol. The number of aryl methyl sites for hydroxylation is 1. The largest absolute Gasteiger partial charge is 0.462 e. The quantitative estimate of drug-likeness (QED) is 0.0563. The summed E-state index contributed by atoms with van der Waals surface area (Å²) < 4.78 is 92.1. The number of fused-ring (bicyclic) bond motifs is 1. The third-order valence-electron chi connectivity index (χ3n) is 6.13. The van der Waals surface area contributed by atoms with Gasteiger partial charge in [0.2, 0.25) is 0 Å². The van der Waals surface area contributed by atoms with Crippen molar-refractivity contribution < 1.29 is 40.3 Å². The Hall–Kier alpha value is -3.21.